The molecule has 8 nitrogen and oxygen atoms in total. The minimum Gasteiger partial charge on any atom is -0.491 e. The number of nitrogens with zero attached hydrogens (tertiary/aromatic N) is 5. The van der Waals surface area contributed by atoms with E-state index in [1.165, 1.54) is 6.26 Å². The van der Waals surface area contributed by atoms with Gasteiger partial charge in [-0.05, 0) is 25.3 Å². The quantitative estimate of drug-likeness (QED) is 0.668. The lowest BCUT2D eigenvalue weighted by Crippen LogP contribution is -2.32. The Hall–Kier alpha value is -3.16. The molecular weight excluding hydrogens is 334 g/mol. The summed E-state index contributed by atoms with van der Waals surface area (Å²) < 4.78 is 13.1. The van der Waals surface area contributed by atoms with Crippen LogP contribution < -0.4 is 9.64 Å². The maximum absolute atomic E-state index is 13.0. The van der Waals surface area contributed by atoms with Crippen molar-refractivity contribution in [2.75, 3.05) is 18.1 Å². The second kappa shape index (κ2) is 6.99. The summed E-state index contributed by atoms with van der Waals surface area (Å²) in [6.45, 7) is 1.16. The Balaban J connectivity index is 1.72. The molecule has 0 fully saturated rings. The second-order valence-electron chi connectivity index (χ2n) is 6.15. The Bertz CT molecular complexity index is 917. The average Bonchev–Trinajstić information content (AvgIpc) is 3.30. The Labute approximate surface area is 150 Å². The first-order valence-electron chi connectivity index (χ1n) is 8.55. The largest absolute Gasteiger partial charge is 0.491 e. The van der Waals surface area contributed by atoms with Crippen LogP contribution in [0, 0.1) is 0 Å². The molecule has 1 aliphatic rings. The van der Waals surface area contributed by atoms with Gasteiger partial charge in [-0.1, -0.05) is 0 Å². The summed E-state index contributed by atoms with van der Waals surface area (Å²) >= 11 is 0. The van der Waals surface area contributed by atoms with Crippen LogP contribution in [0.4, 0.5) is 5.69 Å². The minimum absolute atomic E-state index is 0.205. The third-order valence-corrected chi connectivity index (χ3v) is 4.27. The van der Waals surface area contributed by atoms with Crippen molar-refractivity contribution in [2.45, 2.75) is 19.3 Å². The van der Waals surface area contributed by atoms with Crippen LogP contribution in [0.25, 0.3) is 11.5 Å². The zero-order valence-corrected chi connectivity index (χ0v) is 14.5. The molecule has 0 spiro atoms. The van der Waals surface area contributed by atoms with E-state index in [0.29, 0.717) is 30.4 Å². The SMILES string of the molecule is Cn1cc(N2CCCCCOc3cnccc3-c3nc(co3)C2=O)cn1. The standard InChI is InChI=1S/C18H19N5O3/c1-22-11-13(9-20-22)23-7-3-2-4-8-25-16-10-19-6-5-14(16)17-21-15(12-26-17)18(23)24/h5-6,9-12H,2-4,7-8H2,1H3. The Morgan fingerprint density at radius 2 is 2.12 bits per heavy atom. The predicted molar refractivity (Wildman–Crippen MR) is 94.0 cm³/mol. The molecule has 3 aromatic heterocycles. The van der Waals surface area contributed by atoms with Gasteiger partial charge in [0.1, 0.15) is 12.0 Å². The zero-order valence-electron chi connectivity index (χ0n) is 14.5. The maximum atomic E-state index is 13.0. The molecule has 0 radical (unpaired) electrons. The molecule has 1 amide bonds. The van der Waals surface area contributed by atoms with Gasteiger partial charge >= 0.3 is 0 Å². The van der Waals surface area contributed by atoms with Crippen molar-refractivity contribution < 1.29 is 13.9 Å². The van der Waals surface area contributed by atoms with E-state index in [0.717, 1.165) is 24.9 Å². The van der Waals surface area contributed by atoms with Crippen LogP contribution in [0.5, 0.6) is 5.75 Å². The van der Waals surface area contributed by atoms with Crippen LogP contribution in [0.3, 0.4) is 0 Å². The molecule has 26 heavy (non-hydrogen) atoms. The highest BCUT2D eigenvalue weighted by molar-refractivity contribution is 6.04. The molecule has 2 bridgehead atoms. The number of anilines is 1. The van der Waals surface area contributed by atoms with Crippen LogP contribution in [-0.2, 0) is 7.05 Å². The number of amides is 1. The Morgan fingerprint density at radius 1 is 1.19 bits per heavy atom. The maximum Gasteiger partial charge on any atom is 0.280 e. The molecule has 0 saturated heterocycles. The predicted octanol–water partition coefficient (Wildman–Crippen LogP) is 2.68. The first-order chi connectivity index (χ1) is 12.7. The van der Waals surface area contributed by atoms with Gasteiger partial charge in [-0.3, -0.25) is 14.5 Å². The molecule has 0 saturated carbocycles. The number of oxazole rings is 1. The van der Waals surface area contributed by atoms with Crippen LogP contribution in [0.15, 0.2) is 41.5 Å². The van der Waals surface area contributed by atoms with E-state index in [9.17, 15) is 4.79 Å². The number of hydrogen-bond donors (Lipinski definition) is 0. The minimum atomic E-state index is -0.205. The zero-order chi connectivity index (χ0) is 17.9. The average molecular weight is 353 g/mol. The number of aryl methyl sites for hydroxylation is 1. The van der Waals surface area contributed by atoms with Crippen molar-refractivity contribution in [3.05, 3.63) is 42.8 Å². The molecule has 0 aliphatic carbocycles. The number of ether oxygens (including phenoxy) is 1. The van der Waals surface area contributed by atoms with Gasteiger partial charge in [-0.15, -0.1) is 0 Å². The third kappa shape index (κ3) is 3.17. The molecule has 1 aliphatic heterocycles. The van der Waals surface area contributed by atoms with Gasteiger partial charge < -0.3 is 14.1 Å². The van der Waals surface area contributed by atoms with E-state index in [2.05, 4.69) is 15.1 Å². The van der Waals surface area contributed by atoms with Gasteiger partial charge in [-0.25, -0.2) is 4.98 Å². The van der Waals surface area contributed by atoms with Gasteiger partial charge in [0, 0.05) is 26.0 Å². The normalized spacial score (nSPS) is 15.4. The lowest BCUT2D eigenvalue weighted by molar-refractivity contribution is 0.0981. The summed E-state index contributed by atoms with van der Waals surface area (Å²) in [5, 5.41) is 4.17. The Kier molecular flexibility index (Phi) is 4.39. The van der Waals surface area contributed by atoms with E-state index in [4.69, 9.17) is 9.15 Å². The van der Waals surface area contributed by atoms with Gasteiger partial charge in [-0.2, -0.15) is 5.10 Å². The number of pyridine rings is 1. The van der Waals surface area contributed by atoms with E-state index in [1.807, 2.05) is 13.2 Å². The fourth-order valence-corrected chi connectivity index (χ4v) is 2.93. The molecule has 134 valence electrons. The van der Waals surface area contributed by atoms with Gasteiger partial charge in [0.15, 0.2) is 5.69 Å². The number of fused-ring (bicyclic) bond motifs is 4. The third-order valence-electron chi connectivity index (χ3n) is 4.27. The molecule has 3 aromatic rings. The summed E-state index contributed by atoms with van der Waals surface area (Å²) in [7, 11) is 1.82. The summed E-state index contributed by atoms with van der Waals surface area (Å²) in [6.07, 6.45) is 10.9. The van der Waals surface area contributed by atoms with Crippen molar-refractivity contribution in [3.8, 4) is 17.2 Å². The van der Waals surface area contributed by atoms with Crippen LogP contribution >= 0.6 is 0 Å². The lowest BCUT2D eigenvalue weighted by atomic mass is 10.2. The number of rotatable bonds is 1. The van der Waals surface area contributed by atoms with Crippen molar-refractivity contribution >= 4 is 11.6 Å². The topological polar surface area (TPSA) is 86.3 Å². The highest BCUT2D eigenvalue weighted by atomic mass is 16.5. The van der Waals surface area contributed by atoms with Crippen molar-refractivity contribution in [2.24, 2.45) is 7.05 Å². The van der Waals surface area contributed by atoms with Crippen LogP contribution in [0.2, 0.25) is 0 Å². The van der Waals surface area contributed by atoms with Crippen molar-refractivity contribution in [1.82, 2.24) is 19.7 Å². The van der Waals surface area contributed by atoms with Gasteiger partial charge in [0.05, 0.1) is 30.3 Å². The van der Waals surface area contributed by atoms with Crippen molar-refractivity contribution in [3.63, 3.8) is 0 Å². The van der Waals surface area contributed by atoms with Crippen LogP contribution in [-0.4, -0.2) is 38.8 Å². The molecule has 0 atom stereocenters. The van der Waals surface area contributed by atoms with Gasteiger partial charge in [0.25, 0.3) is 5.91 Å². The van der Waals surface area contributed by atoms with Crippen molar-refractivity contribution in [1.29, 1.82) is 0 Å². The molecule has 8 heteroatoms. The monoisotopic (exact) mass is 353 g/mol. The number of carbonyl (C=O) groups excluding carboxylic acids is 1. The van der Waals surface area contributed by atoms with Crippen LogP contribution in [0.1, 0.15) is 29.8 Å². The second-order valence-corrected chi connectivity index (χ2v) is 6.15. The molecule has 0 N–H and O–H groups in total. The van der Waals surface area contributed by atoms with E-state index in [-0.39, 0.29) is 11.6 Å². The molecular formula is C18H19N5O3. The summed E-state index contributed by atoms with van der Waals surface area (Å²) in [5.41, 5.74) is 1.69. The number of aromatic nitrogens is 4. The fourth-order valence-electron chi connectivity index (χ4n) is 2.93. The Morgan fingerprint density at radius 3 is 2.96 bits per heavy atom. The molecule has 0 unspecified atom stereocenters. The molecule has 0 aromatic carbocycles. The number of hydrogen-bond acceptors (Lipinski definition) is 6. The smallest absolute Gasteiger partial charge is 0.280 e. The van der Waals surface area contributed by atoms with E-state index < -0.39 is 0 Å². The number of carbonyl (C=O) groups is 1. The summed E-state index contributed by atoms with van der Waals surface area (Å²) in [4.78, 5) is 23.2. The highest BCUT2D eigenvalue weighted by Gasteiger charge is 2.24. The lowest BCUT2D eigenvalue weighted by Gasteiger charge is -2.19. The summed E-state index contributed by atoms with van der Waals surface area (Å²) in [6, 6.07) is 1.77. The van der Waals surface area contributed by atoms with E-state index >= 15 is 0 Å². The van der Waals surface area contributed by atoms with Gasteiger partial charge in [0.2, 0.25) is 5.89 Å². The first kappa shape index (κ1) is 16.3. The highest BCUT2D eigenvalue weighted by Crippen LogP contribution is 2.29. The molecule has 4 heterocycles. The molecule has 4 rings (SSSR count). The summed E-state index contributed by atoms with van der Waals surface area (Å²) in [5.74, 6) is 0.747. The van der Waals surface area contributed by atoms with E-state index in [1.54, 1.807) is 34.2 Å². The first-order valence-corrected chi connectivity index (χ1v) is 8.55. The fraction of sp³-hybridized carbons (Fsp3) is 0.333.